The van der Waals surface area contributed by atoms with Gasteiger partial charge in [0.15, 0.2) is 0 Å². The van der Waals surface area contributed by atoms with Gasteiger partial charge in [-0.05, 0) is 26.3 Å². The number of nitrogens with zero attached hydrogens (tertiary/aromatic N) is 1. The third-order valence-corrected chi connectivity index (χ3v) is 3.42. The molecule has 1 rings (SSSR count). The van der Waals surface area contributed by atoms with Crippen LogP contribution in [-0.4, -0.2) is 55.6 Å². The van der Waals surface area contributed by atoms with Crippen LogP contribution < -0.4 is 0 Å². The van der Waals surface area contributed by atoms with Crippen molar-refractivity contribution in [1.82, 2.24) is 4.90 Å². The van der Waals surface area contributed by atoms with Crippen molar-refractivity contribution in [1.29, 1.82) is 0 Å². The number of methoxy groups -OCH3 is 1. The van der Waals surface area contributed by atoms with Crippen LogP contribution in [-0.2, 0) is 4.74 Å². The smallest absolute Gasteiger partial charge is 0.393 e. The molecule has 102 valence electrons. The zero-order valence-corrected chi connectivity index (χ0v) is 10.2. The molecule has 1 aliphatic rings. The summed E-state index contributed by atoms with van der Waals surface area (Å²) in [6, 6.07) is -0.645. The molecule has 0 spiro atoms. The highest BCUT2D eigenvalue weighted by Crippen LogP contribution is 2.39. The van der Waals surface area contributed by atoms with Crippen molar-refractivity contribution < 1.29 is 23.0 Å². The molecular formula is C11H20F3NO2. The van der Waals surface area contributed by atoms with Crippen molar-refractivity contribution in [3.63, 3.8) is 0 Å². The van der Waals surface area contributed by atoms with Crippen molar-refractivity contribution in [2.75, 3.05) is 27.3 Å². The molecule has 0 saturated heterocycles. The molecule has 1 N–H and O–H groups in total. The quantitative estimate of drug-likeness (QED) is 0.829. The Labute approximate surface area is 99.5 Å². The van der Waals surface area contributed by atoms with E-state index in [9.17, 15) is 18.3 Å². The van der Waals surface area contributed by atoms with Gasteiger partial charge < -0.3 is 14.7 Å². The van der Waals surface area contributed by atoms with Gasteiger partial charge in [0.05, 0.1) is 18.6 Å². The van der Waals surface area contributed by atoms with Crippen LogP contribution in [0.15, 0.2) is 0 Å². The number of likely N-dealkylation sites (N-methyl/N-ethyl adjacent to an activating group) is 1. The number of aliphatic hydroxyl groups is 1. The highest BCUT2D eigenvalue weighted by molar-refractivity contribution is 4.89. The van der Waals surface area contributed by atoms with Gasteiger partial charge in [0.2, 0.25) is 0 Å². The summed E-state index contributed by atoms with van der Waals surface area (Å²) in [6.45, 7) is 0.841. The molecular weight excluding hydrogens is 235 g/mol. The Morgan fingerprint density at radius 3 is 2.53 bits per heavy atom. The maximum atomic E-state index is 12.9. The van der Waals surface area contributed by atoms with Crippen LogP contribution in [0.1, 0.15) is 19.3 Å². The van der Waals surface area contributed by atoms with Gasteiger partial charge in [-0.15, -0.1) is 0 Å². The molecule has 1 aliphatic carbocycles. The van der Waals surface area contributed by atoms with E-state index in [1.807, 2.05) is 0 Å². The Kier molecular flexibility index (Phi) is 5.22. The summed E-state index contributed by atoms with van der Waals surface area (Å²) < 4.78 is 43.4. The number of ether oxygens (including phenoxy) is 1. The van der Waals surface area contributed by atoms with Gasteiger partial charge in [-0.25, -0.2) is 0 Å². The molecule has 0 bridgehead atoms. The molecule has 1 saturated carbocycles. The SMILES string of the molecule is COCCN(C)C1CC(O)CCC1C(F)(F)F. The van der Waals surface area contributed by atoms with Crippen LogP contribution in [0.3, 0.4) is 0 Å². The van der Waals surface area contributed by atoms with Gasteiger partial charge in [0.25, 0.3) is 0 Å². The highest BCUT2D eigenvalue weighted by atomic mass is 19.4. The molecule has 0 amide bonds. The second kappa shape index (κ2) is 6.02. The number of alkyl halides is 3. The predicted molar refractivity (Wildman–Crippen MR) is 57.7 cm³/mol. The van der Waals surface area contributed by atoms with Gasteiger partial charge in [0, 0.05) is 19.7 Å². The molecule has 0 aromatic heterocycles. The van der Waals surface area contributed by atoms with Crippen LogP contribution in [0.2, 0.25) is 0 Å². The number of rotatable bonds is 4. The van der Waals surface area contributed by atoms with Crippen LogP contribution in [0.25, 0.3) is 0 Å². The molecule has 3 atom stereocenters. The zero-order valence-electron chi connectivity index (χ0n) is 10.2. The van der Waals surface area contributed by atoms with Gasteiger partial charge in [-0.1, -0.05) is 0 Å². The van der Waals surface area contributed by atoms with E-state index in [1.165, 1.54) is 7.11 Å². The summed E-state index contributed by atoms with van der Waals surface area (Å²) >= 11 is 0. The molecule has 3 unspecified atom stereocenters. The molecule has 0 heterocycles. The van der Waals surface area contributed by atoms with E-state index < -0.39 is 24.2 Å². The second-order valence-corrected chi connectivity index (χ2v) is 4.66. The lowest BCUT2D eigenvalue weighted by Crippen LogP contribution is -2.50. The summed E-state index contributed by atoms with van der Waals surface area (Å²) in [4.78, 5) is 1.64. The van der Waals surface area contributed by atoms with Gasteiger partial charge in [-0.2, -0.15) is 13.2 Å². The molecule has 3 nitrogen and oxygen atoms in total. The van der Waals surface area contributed by atoms with Crippen molar-refractivity contribution in [2.24, 2.45) is 5.92 Å². The Bertz CT molecular complexity index is 235. The average molecular weight is 255 g/mol. The van der Waals surface area contributed by atoms with Crippen molar-refractivity contribution in [2.45, 2.75) is 37.6 Å². The Balaban J connectivity index is 2.67. The van der Waals surface area contributed by atoms with E-state index in [1.54, 1.807) is 11.9 Å². The Morgan fingerprint density at radius 2 is 2.00 bits per heavy atom. The van der Waals surface area contributed by atoms with Crippen LogP contribution in [0, 0.1) is 5.92 Å². The summed E-state index contributed by atoms with van der Waals surface area (Å²) in [6.07, 6.45) is -4.38. The van der Waals surface area contributed by atoms with Gasteiger partial charge in [-0.3, -0.25) is 0 Å². The number of aliphatic hydroxyl groups excluding tert-OH is 1. The van der Waals surface area contributed by atoms with E-state index >= 15 is 0 Å². The number of hydrogen-bond acceptors (Lipinski definition) is 3. The van der Waals surface area contributed by atoms with Gasteiger partial charge >= 0.3 is 6.18 Å². The standard InChI is InChI=1S/C11H20F3NO2/c1-15(5-6-17-2)10-7-8(16)3-4-9(10)11(12,13)14/h8-10,16H,3-7H2,1-2H3. The Morgan fingerprint density at radius 1 is 1.35 bits per heavy atom. The summed E-state index contributed by atoms with van der Waals surface area (Å²) in [5.74, 6) is -1.34. The average Bonchev–Trinajstić information content (AvgIpc) is 2.24. The van der Waals surface area contributed by atoms with E-state index in [2.05, 4.69) is 0 Å². The first-order valence-electron chi connectivity index (χ1n) is 5.80. The normalized spacial score (nSPS) is 30.9. The fourth-order valence-corrected chi connectivity index (χ4v) is 2.40. The van der Waals surface area contributed by atoms with E-state index in [0.717, 1.165) is 0 Å². The topological polar surface area (TPSA) is 32.7 Å². The van der Waals surface area contributed by atoms with Crippen LogP contribution in [0.5, 0.6) is 0 Å². The zero-order chi connectivity index (χ0) is 13.1. The maximum Gasteiger partial charge on any atom is 0.393 e. The lowest BCUT2D eigenvalue weighted by atomic mass is 9.81. The molecule has 6 heteroatoms. The van der Waals surface area contributed by atoms with E-state index in [4.69, 9.17) is 4.74 Å². The third kappa shape index (κ3) is 4.12. The summed E-state index contributed by atoms with van der Waals surface area (Å²) in [5.41, 5.74) is 0. The lowest BCUT2D eigenvalue weighted by Gasteiger charge is -2.40. The maximum absolute atomic E-state index is 12.9. The fourth-order valence-electron chi connectivity index (χ4n) is 2.40. The molecule has 0 aromatic carbocycles. The summed E-state index contributed by atoms with van der Waals surface area (Å²) in [7, 11) is 3.17. The van der Waals surface area contributed by atoms with Crippen molar-refractivity contribution in [3.8, 4) is 0 Å². The molecule has 0 radical (unpaired) electrons. The Hall–Kier alpha value is -0.330. The first-order chi connectivity index (χ1) is 7.86. The minimum Gasteiger partial charge on any atom is -0.393 e. The van der Waals surface area contributed by atoms with Gasteiger partial charge in [0.1, 0.15) is 0 Å². The number of hydrogen-bond donors (Lipinski definition) is 1. The van der Waals surface area contributed by atoms with E-state index in [0.29, 0.717) is 13.2 Å². The number of halogens is 3. The molecule has 0 aliphatic heterocycles. The molecule has 1 fully saturated rings. The minimum absolute atomic E-state index is 0.00660. The molecule has 17 heavy (non-hydrogen) atoms. The lowest BCUT2D eigenvalue weighted by molar-refractivity contribution is -0.204. The second-order valence-electron chi connectivity index (χ2n) is 4.66. The van der Waals surface area contributed by atoms with Crippen molar-refractivity contribution in [3.05, 3.63) is 0 Å². The fraction of sp³-hybridized carbons (Fsp3) is 1.00. The van der Waals surface area contributed by atoms with Crippen LogP contribution >= 0.6 is 0 Å². The van der Waals surface area contributed by atoms with Crippen molar-refractivity contribution >= 4 is 0 Å². The third-order valence-electron chi connectivity index (χ3n) is 3.42. The van der Waals surface area contributed by atoms with E-state index in [-0.39, 0.29) is 19.3 Å². The minimum atomic E-state index is -4.19. The molecule has 0 aromatic rings. The first kappa shape index (κ1) is 14.7. The summed E-state index contributed by atoms with van der Waals surface area (Å²) in [5, 5.41) is 9.51. The monoisotopic (exact) mass is 255 g/mol. The highest BCUT2D eigenvalue weighted by Gasteiger charge is 2.48. The first-order valence-corrected chi connectivity index (χ1v) is 5.80. The largest absolute Gasteiger partial charge is 0.393 e. The predicted octanol–water partition coefficient (Wildman–Crippen LogP) is 1.66. The van der Waals surface area contributed by atoms with Crippen LogP contribution in [0.4, 0.5) is 13.2 Å².